The van der Waals surface area contributed by atoms with Gasteiger partial charge in [-0.05, 0) is 83.7 Å². The molecule has 3 atom stereocenters. The maximum absolute atomic E-state index is 14.2. The van der Waals surface area contributed by atoms with Crippen molar-refractivity contribution in [1.29, 1.82) is 0 Å². The zero-order valence-electron chi connectivity index (χ0n) is 22.2. The van der Waals surface area contributed by atoms with Gasteiger partial charge in [-0.3, -0.25) is 4.79 Å². The van der Waals surface area contributed by atoms with E-state index in [1.807, 2.05) is 47.0 Å². The van der Waals surface area contributed by atoms with E-state index >= 15 is 0 Å². The third kappa shape index (κ3) is 6.02. The van der Waals surface area contributed by atoms with Gasteiger partial charge in [0.15, 0.2) is 0 Å². The first kappa shape index (κ1) is 27.0. The molecule has 1 aliphatic carbocycles. The van der Waals surface area contributed by atoms with Crippen molar-refractivity contribution in [3.05, 3.63) is 113 Å². The molecule has 202 valence electrons. The van der Waals surface area contributed by atoms with E-state index in [4.69, 9.17) is 5.14 Å². The summed E-state index contributed by atoms with van der Waals surface area (Å²) in [5.74, 6) is 0.503. The molecule has 0 spiro atoms. The zero-order chi connectivity index (χ0) is 27.5. The van der Waals surface area contributed by atoms with Gasteiger partial charge in [0.05, 0.1) is 11.4 Å². The van der Waals surface area contributed by atoms with E-state index in [0.717, 1.165) is 35.5 Å². The van der Waals surface area contributed by atoms with Crippen molar-refractivity contribution < 1.29 is 13.4 Å². The number of nitrogens with zero attached hydrogens (tertiary/aromatic N) is 3. The highest BCUT2D eigenvalue weighted by Gasteiger charge is 2.26. The number of rotatable bonds is 8. The molecule has 5 rings (SSSR count). The minimum Gasteiger partial charge on any atom is -0.337 e. The zero-order valence-corrected chi connectivity index (χ0v) is 23.0. The predicted octanol–water partition coefficient (Wildman–Crippen LogP) is 5.54. The Hall–Kier alpha value is -3.62. The molecular weight excluding hydrogens is 511 g/mol. The molecule has 2 unspecified atom stereocenters. The number of hydrogen-bond donors (Lipinski definition) is 1. The van der Waals surface area contributed by atoms with E-state index in [-0.39, 0.29) is 23.6 Å². The molecule has 39 heavy (non-hydrogen) atoms. The van der Waals surface area contributed by atoms with Crippen LogP contribution in [0.5, 0.6) is 0 Å². The molecule has 6 nitrogen and oxygen atoms in total. The van der Waals surface area contributed by atoms with Crippen LogP contribution in [0.15, 0.2) is 84.0 Å². The van der Waals surface area contributed by atoms with Gasteiger partial charge < -0.3 is 9.47 Å². The van der Waals surface area contributed by atoms with Crippen LogP contribution in [0.2, 0.25) is 0 Å². The Kier molecular flexibility index (Phi) is 8.04. The molecule has 1 heterocycles. The standard InChI is InChI=1S/C31H33FN4O2S/c1-21(22-6-4-3-5-7-22)16-31(37)36(20-30-34-14-15-35(30)2)27-12-10-23-8-9-24(17-25(23)18-27)28-19-26(32)11-13-29(28)39(33)38/h3-7,10-15,18-19,21,24H,8-9,16-17,20,33H2,1-2H3/t21-,24?,39?/m1/s1. The van der Waals surface area contributed by atoms with Crippen molar-refractivity contribution in [1.82, 2.24) is 9.55 Å². The normalized spacial score (nSPS) is 16.4. The van der Waals surface area contributed by atoms with Crippen LogP contribution in [0.3, 0.4) is 0 Å². The summed E-state index contributed by atoms with van der Waals surface area (Å²) in [7, 11) is 0.226. The first-order valence-corrected chi connectivity index (χ1v) is 14.4. The molecule has 4 aromatic rings. The number of imidazole rings is 1. The molecule has 2 N–H and O–H groups in total. The Morgan fingerprint density at radius 3 is 2.67 bits per heavy atom. The number of carbonyl (C=O) groups excluding carboxylic acids is 1. The van der Waals surface area contributed by atoms with E-state index in [1.165, 1.54) is 23.8 Å². The summed E-state index contributed by atoms with van der Waals surface area (Å²) in [6.07, 6.45) is 6.25. The Labute approximate surface area is 231 Å². The Bertz CT molecular complexity index is 1500. The summed E-state index contributed by atoms with van der Waals surface area (Å²) >= 11 is 0. The largest absolute Gasteiger partial charge is 0.337 e. The molecule has 0 radical (unpaired) electrons. The van der Waals surface area contributed by atoms with E-state index in [2.05, 4.69) is 36.2 Å². The van der Waals surface area contributed by atoms with Crippen LogP contribution in [0.25, 0.3) is 0 Å². The highest BCUT2D eigenvalue weighted by Crippen LogP contribution is 2.37. The Morgan fingerprint density at radius 1 is 1.15 bits per heavy atom. The van der Waals surface area contributed by atoms with Crippen molar-refractivity contribution in [2.45, 2.75) is 55.9 Å². The van der Waals surface area contributed by atoms with E-state index in [9.17, 15) is 13.4 Å². The van der Waals surface area contributed by atoms with Gasteiger partial charge in [-0.15, -0.1) is 0 Å². The molecule has 0 aliphatic heterocycles. The van der Waals surface area contributed by atoms with Gasteiger partial charge in [-0.1, -0.05) is 43.3 Å². The van der Waals surface area contributed by atoms with Crippen LogP contribution in [0.1, 0.15) is 59.7 Å². The quantitative estimate of drug-likeness (QED) is 0.316. The molecule has 0 saturated carbocycles. The summed E-state index contributed by atoms with van der Waals surface area (Å²) in [4.78, 5) is 20.5. The second-order valence-corrected chi connectivity index (χ2v) is 11.4. The minimum absolute atomic E-state index is 0.0113. The van der Waals surface area contributed by atoms with Gasteiger partial charge in [0.25, 0.3) is 0 Å². The fourth-order valence-electron chi connectivity index (χ4n) is 5.48. The van der Waals surface area contributed by atoms with Crippen LogP contribution in [0, 0.1) is 5.82 Å². The Balaban J connectivity index is 1.45. The van der Waals surface area contributed by atoms with Gasteiger partial charge >= 0.3 is 0 Å². The SMILES string of the molecule is C[C@H](CC(=O)N(Cc1nccn1C)c1ccc2c(c1)CC(c1cc(F)ccc1S(N)=O)CC2)c1ccccc1. The fourth-order valence-corrected chi connectivity index (χ4v) is 6.14. The van der Waals surface area contributed by atoms with Crippen molar-refractivity contribution in [2.75, 3.05) is 4.90 Å². The second kappa shape index (κ2) is 11.6. The number of aromatic nitrogens is 2. The third-order valence-electron chi connectivity index (χ3n) is 7.73. The average molecular weight is 545 g/mol. The van der Waals surface area contributed by atoms with Gasteiger partial charge in [-0.2, -0.15) is 0 Å². The lowest BCUT2D eigenvalue weighted by Gasteiger charge is -2.29. The summed E-state index contributed by atoms with van der Waals surface area (Å²) in [6.45, 7) is 2.42. The molecule has 3 aromatic carbocycles. The molecule has 1 amide bonds. The van der Waals surface area contributed by atoms with Gasteiger partial charge in [0, 0.05) is 31.5 Å². The number of halogens is 1. The van der Waals surface area contributed by atoms with Gasteiger partial charge in [0.1, 0.15) is 22.6 Å². The third-order valence-corrected chi connectivity index (χ3v) is 8.53. The maximum atomic E-state index is 14.2. The molecule has 1 aromatic heterocycles. The van der Waals surface area contributed by atoms with Crippen molar-refractivity contribution >= 4 is 22.6 Å². The van der Waals surface area contributed by atoms with Crippen LogP contribution in [-0.4, -0.2) is 19.7 Å². The lowest BCUT2D eigenvalue weighted by atomic mass is 9.80. The first-order valence-electron chi connectivity index (χ1n) is 13.2. The smallest absolute Gasteiger partial charge is 0.228 e. The van der Waals surface area contributed by atoms with Crippen LogP contribution < -0.4 is 10.0 Å². The Morgan fingerprint density at radius 2 is 1.95 bits per heavy atom. The van der Waals surface area contributed by atoms with Crippen molar-refractivity contribution in [3.8, 4) is 0 Å². The van der Waals surface area contributed by atoms with E-state index < -0.39 is 11.0 Å². The van der Waals surface area contributed by atoms with Crippen molar-refractivity contribution in [3.63, 3.8) is 0 Å². The number of nitrogens with two attached hydrogens (primary N) is 1. The van der Waals surface area contributed by atoms with Crippen LogP contribution in [0.4, 0.5) is 10.1 Å². The van der Waals surface area contributed by atoms with Gasteiger partial charge in [-0.25, -0.2) is 18.7 Å². The molecule has 0 fully saturated rings. The highest BCUT2D eigenvalue weighted by molar-refractivity contribution is 7.82. The molecule has 0 saturated heterocycles. The van der Waals surface area contributed by atoms with Crippen LogP contribution in [-0.2, 0) is 42.2 Å². The fraction of sp³-hybridized carbons (Fsp3) is 0.290. The monoisotopic (exact) mass is 544 g/mol. The summed E-state index contributed by atoms with van der Waals surface area (Å²) in [5.41, 5.74) is 4.95. The number of anilines is 1. The number of fused-ring (bicyclic) bond motifs is 1. The summed E-state index contributed by atoms with van der Waals surface area (Å²) in [6, 6.07) is 20.5. The summed E-state index contributed by atoms with van der Waals surface area (Å²) < 4.78 is 28.3. The number of benzene rings is 3. The number of carbonyl (C=O) groups is 1. The minimum atomic E-state index is -1.70. The van der Waals surface area contributed by atoms with Gasteiger partial charge in [0.2, 0.25) is 5.91 Å². The topological polar surface area (TPSA) is 81.2 Å². The first-order chi connectivity index (χ1) is 18.8. The van der Waals surface area contributed by atoms with Crippen molar-refractivity contribution in [2.24, 2.45) is 12.2 Å². The molecule has 8 heteroatoms. The summed E-state index contributed by atoms with van der Waals surface area (Å²) in [5, 5.41) is 5.72. The van der Waals surface area contributed by atoms with E-state index in [1.54, 1.807) is 6.20 Å². The van der Waals surface area contributed by atoms with E-state index in [0.29, 0.717) is 29.8 Å². The number of amides is 1. The maximum Gasteiger partial charge on any atom is 0.228 e. The lowest BCUT2D eigenvalue weighted by Crippen LogP contribution is -2.32. The van der Waals surface area contributed by atoms with Crippen LogP contribution >= 0.6 is 0 Å². The number of hydrogen-bond acceptors (Lipinski definition) is 3. The molecule has 1 aliphatic rings. The molecule has 0 bridgehead atoms. The second-order valence-electron chi connectivity index (χ2n) is 10.3. The lowest BCUT2D eigenvalue weighted by molar-refractivity contribution is -0.119. The average Bonchev–Trinajstić information content (AvgIpc) is 3.35. The highest BCUT2D eigenvalue weighted by atomic mass is 32.2. The number of aryl methyl sites for hydroxylation is 2. The predicted molar refractivity (Wildman–Crippen MR) is 152 cm³/mol. The molecular formula is C31H33FN4O2S.